The number of hydrogen-bond donors (Lipinski definition) is 4. The lowest BCUT2D eigenvalue weighted by molar-refractivity contribution is -0.161. The third-order valence-electron chi connectivity index (χ3n) is 17.8. The second-order valence-electron chi connectivity index (χ2n) is 28.2. The number of carbonyl (C=O) groups is 3. The third-order valence-corrected chi connectivity index (χ3v) is 19.7. The molecule has 0 spiro atoms. The maximum absolute atomic E-state index is 13.0. The molecule has 0 bridgehead atoms. The lowest BCUT2D eigenvalue weighted by atomic mass is 10.0. The molecule has 0 aromatic heterocycles. The summed E-state index contributed by atoms with van der Waals surface area (Å²) in [6, 6.07) is 0. The fourth-order valence-electron chi connectivity index (χ4n) is 11.4. The van der Waals surface area contributed by atoms with Gasteiger partial charge in [0.2, 0.25) is 0 Å². The number of aliphatic hydroxyl groups excluding tert-OH is 2. The van der Waals surface area contributed by atoms with Crippen LogP contribution in [0.25, 0.3) is 0 Å². The zero-order valence-corrected chi connectivity index (χ0v) is 69.3. The van der Waals surface area contributed by atoms with Gasteiger partial charge < -0.3 is 34.2 Å². The van der Waals surface area contributed by atoms with E-state index in [-0.39, 0.29) is 19.3 Å². The summed E-state index contributed by atoms with van der Waals surface area (Å²) in [6.45, 7) is 2.55. The molecule has 0 aromatic rings. The molecule has 0 aromatic carbocycles. The van der Waals surface area contributed by atoms with E-state index < -0.39 is 91.5 Å². The summed E-state index contributed by atoms with van der Waals surface area (Å²) in [7, 11) is -9.80. The number of unbranched alkanes of at least 4 members (excludes halogenated alkanes) is 35. The average molecular weight is 1540 g/mol. The van der Waals surface area contributed by atoms with Gasteiger partial charge in [-0.15, -0.1) is 0 Å². The van der Waals surface area contributed by atoms with Gasteiger partial charge in [-0.2, -0.15) is 0 Å². The Morgan fingerprint density at radius 2 is 0.495 bits per heavy atom. The fourth-order valence-corrected chi connectivity index (χ4v) is 13.0. The first-order chi connectivity index (χ1) is 52.2. The van der Waals surface area contributed by atoms with Crippen molar-refractivity contribution in [3.8, 4) is 0 Å². The van der Waals surface area contributed by atoms with Crippen LogP contribution in [0.4, 0.5) is 0 Å². The van der Waals surface area contributed by atoms with E-state index >= 15 is 0 Å². The second-order valence-corrected chi connectivity index (χ2v) is 31.2. The van der Waals surface area contributed by atoms with Gasteiger partial charge in [-0.25, -0.2) is 9.13 Å². The summed E-state index contributed by atoms with van der Waals surface area (Å²) in [4.78, 5) is 58.8. The lowest BCUT2D eigenvalue weighted by Gasteiger charge is -2.21. The van der Waals surface area contributed by atoms with Crippen LogP contribution in [0.3, 0.4) is 0 Å². The molecule has 616 valence electrons. The van der Waals surface area contributed by atoms with Crippen LogP contribution >= 0.6 is 15.6 Å². The van der Waals surface area contributed by atoms with E-state index in [2.05, 4.69) is 154 Å². The summed E-state index contributed by atoms with van der Waals surface area (Å²) in [6.07, 6.45) is 99.2. The summed E-state index contributed by atoms with van der Waals surface area (Å²) in [5, 5.41) is 20.7. The van der Waals surface area contributed by atoms with Crippen LogP contribution in [-0.4, -0.2) is 95.9 Å². The van der Waals surface area contributed by atoms with Gasteiger partial charge in [-0.05, 0) is 141 Å². The number of phosphoric ester groups is 2. The monoisotopic (exact) mass is 1540 g/mol. The Balaban J connectivity index is 4.54. The Kier molecular flexibility index (Phi) is 77.9. The maximum Gasteiger partial charge on any atom is 0.472 e. The number of esters is 3. The van der Waals surface area contributed by atoms with Gasteiger partial charge in [0.25, 0.3) is 0 Å². The highest BCUT2D eigenvalue weighted by Gasteiger charge is 2.29. The minimum absolute atomic E-state index is 0.0909. The van der Waals surface area contributed by atoms with E-state index in [0.29, 0.717) is 19.3 Å². The molecule has 5 atom stereocenters. The SMILES string of the molecule is CC/C=C\C/C=C\C/C=C\C/C=C\C/C=C\C/C=C\CCCCCCCCCCC(=O)OCC(COP(=O)(O)OCC(O)COP(=O)(O)OCC(O)COC(=O)CCCCCCCCCCCCCCC/C=C\C/C=C\C/C=C\C/C=C\CCCCC)OC(=O)CCCCCCC/C=C\CCCCCCCC. The van der Waals surface area contributed by atoms with E-state index in [0.717, 1.165) is 161 Å². The predicted octanol–water partition coefficient (Wildman–Crippen LogP) is 25.4. The third kappa shape index (κ3) is 82.5. The molecular formula is C89H154O16P2. The van der Waals surface area contributed by atoms with Gasteiger partial charge in [-0.1, -0.05) is 328 Å². The van der Waals surface area contributed by atoms with Crippen LogP contribution in [0.1, 0.15) is 355 Å². The Bertz CT molecular complexity index is 2480. The quantitative estimate of drug-likeness (QED) is 0.0146. The highest BCUT2D eigenvalue weighted by Crippen LogP contribution is 2.45. The van der Waals surface area contributed by atoms with Crippen LogP contribution in [-0.2, 0) is 55.8 Å². The summed E-state index contributed by atoms with van der Waals surface area (Å²) in [5.74, 6) is -1.59. The van der Waals surface area contributed by atoms with Crippen LogP contribution in [0.15, 0.2) is 134 Å². The summed E-state index contributed by atoms with van der Waals surface area (Å²) in [5.41, 5.74) is 0. The van der Waals surface area contributed by atoms with Gasteiger partial charge in [0.05, 0.1) is 26.4 Å². The van der Waals surface area contributed by atoms with Crippen LogP contribution in [0.2, 0.25) is 0 Å². The van der Waals surface area contributed by atoms with E-state index in [1.807, 2.05) is 0 Å². The zero-order chi connectivity index (χ0) is 78.0. The molecule has 0 rings (SSSR count). The molecule has 0 aliphatic heterocycles. The van der Waals surface area contributed by atoms with E-state index in [4.69, 9.17) is 32.3 Å². The zero-order valence-electron chi connectivity index (χ0n) is 67.5. The van der Waals surface area contributed by atoms with Crippen LogP contribution < -0.4 is 0 Å². The van der Waals surface area contributed by atoms with E-state index in [1.165, 1.54) is 135 Å². The van der Waals surface area contributed by atoms with Gasteiger partial charge in [0.15, 0.2) is 6.10 Å². The van der Waals surface area contributed by atoms with Crippen molar-refractivity contribution in [2.45, 2.75) is 373 Å². The van der Waals surface area contributed by atoms with Gasteiger partial charge in [0, 0.05) is 19.3 Å². The van der Waals surface area contributed by atoms with Crippen LogP contribution in [0.5, 0.6) is 0 Å². The number of hydrogen-bond acceptors (Lipinski definition) is 14. The summed E-state index contributed by atoms with van der Waals surface area (Å²) >= 11 is 0. The number of carbonyl (C=O) groups excluding carboxylic acids is 3. The van der Waals surface area contributed by atoms with Crippen molar-refractivity contribution in [2.75, 3.05) is 39.6 Å². The number of ether oxygens (including phenoxy) is 3. The number of allylic oxidation sites excluding steroid dienone is 22. The number of aliphatic hydroxyl groups is 2. The van der Waals surface area contributed by atoms with E-state index in [1.54, 1.807) is 0 Å². The van der Waals surface area contributed by atoms with Crippen molar-refractivity contribution in [1.82, 2.24) is 0 Å². The molecule has 0 aliphatic rings. The minimum atomic E-state index is -4.94. The smallest absolute Gasteiger partial charge is 0.463 e. The van der Waals surface area contributed by atoms with E-state index in [9.17, 15) is 43.5 Å². The molecule has 18 heteroatoms. The second kappa shape index (κ2) is 81.2. The molecule has 0 fully saturated rings. The maximum atomic E-state index is 13.0. The standard InChI is InChI=1S/C89H154O16P2/c1-4-7-10-13-16-19-22-25-28-30-32-34-36-38-40-41-43-45-46-48-50-52-55-57-60-63-66-69-72-75-87(92)99-78-84(90)79-101-106(95,96)102-80-85(91)81-103-107(97,98)104-83-86(105-89(94)77-74-71-68-65-62-59-54-27-24-21-18-15-12-9-6-3)82-100-88(93)76-73-70-67-64-61-58-56-53-51-49-47-44-42-39-37-35-33-31-29-26-23-20-17-14-11-8-5-2/h8,11,16-17,19-20,25-29,32-35,38-40,42,47,49,54,84-86,90-91H,4-7,9-10,12-15,18,21-24,30-31,36-37,41,43-46,48,50-53,55-83H2,1-3H3,(H,95,96)(H,97,98)/b11-8-,19-16-,20-17-,28-25-,29-26-,34-32-,35-33-,40-38-,42-39-,49-47-,54-27-. The Labute approximate surface area is 652 Å². The normalized spacial score (nSPS) is 14.6. The first kappa shape index (κ1) is 103. The average Bonchev–Trinajstić information content (AvgIpc) is 0.913. The van der Waals surface area contributed by atoms with Crippen molar-refractivity contribution >= 4 is 33.6 Å². The highest BCUT2D eigenvalue weighted by molar-refractivity contribution is 7.47. The molecule has 0 radical (unpaired) electrons. The molecule has 0 saturated carbocycles. The Morgan fingerprint density at radius 1 is 0.271 bits per heavy atom. The summed E-state index contributed by atoms with van der Waals surface area (Å²) < 4.78 is 61.3. The number of phosphoric acid groups is 2. The molecule has 0 heterocycles. The highest BCUT2D eigenvalue weighted by atomic mass is 31.2. The Morgan fingerprint density at radius 3 is 0.813 bits per heavy atom. The van der Waals surface area contributed by atoms with Gasteiger partial charge in [0.1, 0.15) is 25.4 Å². The fraction of sp³-hybridized carbons (Fsp3) is 0.719. The van der Waals surface area contributed by atoms with Crippen molar-refractivity contribution in [2.24, 2.45) is 0 Å². The first-order valence-electron chi connectivity index (χ1n) is 42.5. The molecular weight excluding hydrogens is 1390 g/mol. The molecule has 0 saturated heterocycles. The Hall–Kier alpha value is -4.31. The molecule has 16 nitrogen and oxygen atoms in total. The minimum Gasteiger partial charge on any atom is -0.463 e. The largest absolute Gasteiger partial charge is 0.472 e. The lowest BCUT2D eigenvalue weighted by Crippen LogP contribution is -2.30. The molecule has 0 aliphatic carbocycles. The molecule has 5 unspecified atom stereocenters. The molecule has 107 heavy (non-hydrogen) atoms. The number of rotatable bonds is 80. The van der Waals surface area contributed by atoms with Crippen molar-refractivity contribution in [1.29, 1.82) is 0 Å². The van der Waals surface area contributed by atoms with Gasteiger partial charge in [-0.3, -0.25) is 32.5 Å². The predicted molar refractivity (Wildman–Crippen MR) is 445 cm³/mol. The van der Waals surface area contributed by atoms with Crippen molar-refractivity contribution < 1.29 is 75.8 Å². The first-order valence-corrected chi connectivity index (χ1v) is 45.5. The van der Waals surface area contributed by atoms with Crippen molar-refractivity contribution in [3.05, 3.63) is 134 Å². The van der Waals surface area contributed by atoms with Crippen LogP contribution in [0, 0.1) is 0 Å². The van der Waals surface area contributed by atoms with Crippen molar-refractivity contribution in [3.63, 3.8) is 0 Å². The molecule has 0 amide bonds. The van der Waals surface area contributed by atoms with Gasteiger partial charge >= 0.3 is 33.6 Å². The molecule has 4 N–H and O–H groups in total. The topological polar surface area (TPSA) is 231 Å².